The van der Waals surface area contributed by atoms with Crippen LogP contribution >= 0.6 is 0 Å². The van der Waals surface area contributed by atoms with Crippen molar-refractivity contribution in [3.8, 4) is 5.75 Å². The van der Waals surface area contributed by atoms with Gasteiger partial charge in [-0.15, -0.1) is 10.2 Å². The van der Waals surface area contributed by atoms with Crippen molar-refractivity contribution >= 4 is 38.1 Å². The van der Waals surface area contributed by atoms with Gasteiger partial charge < -0.3 is 10.1 Å². The van der Waals surface area contributed by atoms with Crippen LogP contribution in [0, 0.1) is 18.8 Å². The normalized spacial score (nSPS) is 12.2. The summed E-state index contributed by atoms with van der Waals surface area (Å²) in [7, 11) is -1.76. The Morgan fingerprint density at radius 2 is 1.83 bits per heavy atom. The Kier molecular flexibility index (Phi) is 9.27. The van der Waals surface area contributed by atoms with Gasteiger partial charge in [-0.05, 0) is 37.7 Å². The Morgan fingerprint density at radius 1 is 1.08 bits per heavy atom. The third-order valence-corrected chi connectivity index (χ3v) is 7.84. The van der Waals surface area contributed by atoms with Crippen LogP contribution in [0.15, 0.2) is 12.1 Å². The SMILES string of the molecule is COc1cc2nc(NCCCCCC(=O)CC(C)C)c3nnc(C)n3c2cc1CS(=O)(=O)CC(C)C. The van der Waals surface area contributed by atoms with Crippen LogP contribution in [0.3, 0.4) is 0 Å². The van der Waals surface area contributed by atoms with Crippen LogP contribution in [0.4, 0.5) is 5.82 Å². The van der Waals surface area contributed by atoms with E-state index in [0.29, 0.717) is 65.2 Å². The molecule has 0 spiro atoms. The number of nitrogens with one attached hydrogen (secondary N) is 1. The molecule has 0 saturated heterocycles. The van der Waals surface area contributed by atoms with Crippen LogP contribution in [-0.4, -0.2) is 53.2 Å². The van der Waals surface area contributed by atoms with Gasteiger partial charge in [0.25, 0.3) is 0 Å². The van der Waals surface area contributed by atoms with Crippen molar-refractivity contribution in [2.75, 3.05) is 24.7 Å². The Bertz CT molecular complexity index is 1320. The number of nitrogens with zero attached hydrogens (tertiary/aromatic N) is 4. The molecular weight excluding hydrogens is 478 g/mol. The standard InChI is InChI=1S/C26H39N5O4S/c1-17(2)12-21(32)10-8-7-9-11-27-25-26-30-29-19(5)31(26)23-13-20(16-36(33,34)15-18(3)4)24(35-6)14-22(23)28-25/h13-14,17-18H,7-12,15-16H2,1-6H3,(H,27,28). The minimum atomic E-state index is -3.30. The minimum absolute atomic E-state index is 0.0454. The second-order valence-corrected chi connectivity index (χ2v) is 12.5. The number of ether oxygens (including phenoxy) is 1. The lowest BCUT2D eigenvalue weighted by molar-refractivity contribution is -0.119. The average molecular weight is 518 g/mol. The van der Waals surface area contributed by atoms with E-state index in [0.717, 1.165) is 24.8 Å². The van der Waals surface area contributed by atoms with Crippen LogP contribution in [0.2, 0.25) is 0 Å². The molecule has 0 bridgehead atoms. The van der Waals surface area contributed by atoms with E-state index in [1.807, 2.05) is 31.2 Å². The number of hydrogen-bond acceptors (Lipinski definition) is 8. The number of fused-ring (bicyclic) bond motifs is 3. The van der Waals surface area contributed by atoms with E-state index in [9.17, 15) is 13.2 Å². The van der Waals surface area contributed by atoms with Gasteiger partial charge >= 0.3 is 0 Å². The minimum Gasteiger partial charge on any atom is -0.496 e. The number of rotatable bonds is 14. The smallest absolute Gasteiger partial charge is 0.204 e. The fourth-order valence-corrected chi connectivity index (χ4v) is 6.29. The lowest BCUT2D eigenvalue weighted by Crippen LogP contribution is -2.14. The Labute approximate surface area is 214 Å². The molecule has 1 N–H and O–H groups in total. The molecule has 2 aromatic heterocycles. The van der Waals surface area contributed by atoms with E-state index < -0.39 is 9.84 Å². The van der Waals surface area contributed by atoms with Gasteiger partial charge in [-0.2, -0.15) is 0 Å². The van der Waals surface area contributed by atoms with Crippen molar-refractivity contribution < 1.29 is 17.9 Å². The Balaban J connectivity index is 1.81. The van der Waals surface area contributed by atoms with E-state index in [2.05, 4.69) is 29.4 Å². The molecule has 0 aliphatic heterocycles. The maximum Gasteiger partial charge on any atom is 0.204 e. The van der Waals surface area contributed by atoms with Gasteiger partial charge in [0.1, 0.15) is 17.4 Å². The number of methoxy groups -OCH3 is 1. The molecule has 10 heteroatoms. The summed E-state index contributed by atoms with van der Waals surface area (Å²) in [6.07, 6.45) is 4.03. The molecule has 0 saturated carbocycles. The molecule has 0 unspecified atom stereocenters. The molecule has 9 nitrogen and oxygen atoms in total. The fraction of sp³-hybridized carbons (Fsp3) is 0.615. The number of sulfone groups is 1. The zero-order chi connectivity index (χ0) is 26.5. The molecule has 2 heterocycles. The van der Waals surface area contributed by atoms with E-state index in [1.165, 1.54) is 7.11 Å². The Hall–Kier alpha value is -2.75. The number of carbonyl (C=O) groups excluding carboxylic acids is 1. The first-order valence-corrected chi connectivity index (χ1v) is 14.5. The van der Waals surface area contributed by atoms with Gasteiger partial charge in [0, 0.05) is 31.0 Å². The maximum absolute atomic E-state index is 12.7. The highest BCUT2D eigenvalue weighted by molar-refractivity contribution is 7.90. The summed E-state index contributed by atoms with van der Waals surface area (Å²) in [5.74, 6) is 2.58. The van der Waals surface area contributed by atoms with Crippen LogP contribution < -0.4 is 10.1 Å². The number of unbranched alkanes of at least 4 members (excludes halogenated alkanes) is 2. The second-order valence-electron chi connectivity index (χ2n) is 10.3. The first kappa shape index (κ1) is 27.8. The molecule has 3 rings (SSSR count). The van der Waals surface area contributed by atoms with Gasteiger partial charge in [-0.3, -0.25) is 9.20 Å². The highest BCUT2D eigenvalue weighted by Crippen LogP contribution is 2.30. The molecule has 0 aliphatic carbocycles. The molecule has 0 aliphatic rings. The van der Waals surface area contributed by atoms with Crippen LogP contribution in [0.25, 0.3) is 16.7 Å². The predicted octanol–water partition coefficient (Wildman–Crippen LogP) is 4.75. The second kappa shape index (κ2) is 12.0. The van der Waals surface area contributed by atoms with Gasteiger partial charge in [-0.25, -0.2) is 13.4 Å². The van der Waals surface area contributed by atoms with E-state index in [1.54, 1.807) is 6.07 Å². The summed E-state index contributed by atoms with van der Waals surface area (Å²) in [5.41, 5.74) is 2.58. The number of carbonyl (C=O) groups is 1. The molecule has 3 aromatic rings. The first-order chi connectivity index (χ1) is 17.0. The molecule has 0 radical (unpaired) electrons. The molecule has 1 aromatic carbocycles. The predicted molar refractivity (Wildman–Crippen MR) is 143 cm³/mol. The Morgan fingerprint density at radius 3 is 2.50 bits per heavy atom. The molecule has 0 amide bonds. The number of ketones is 1. The lowest BCUT2D eigenvalue weighted by Gasteiger charge is -2.14. The molecule has 0 fully saturated rings. The van der Waals surface area contributed by atoms with Gasteiger partial charge in [-0.1, -0.05) is 34.1 Å². The van der Waals surface area contributed by atoms with Crippen molar-refractivity contribution in [3.05, 3.63) is 23.5 Å². The zero-order valence-electron chi connectivity index (χ0n) is 22.3. The summed E-state index contributed by atoms with van der Waals surface area (Å²) in [6, 6.07) is 3.60. The summed E-state index contributed by atoms with van der Waals surface area (Å²) in [4.78, 5) is 16.7. The van der Waals surface area contributed by atoms with Crippen LogP contribution in [0.1, 0.15) is 71.2 Å². The van der Waals surface area contributed by atoms with Gasteiger partial charge in [0.15, 0.2) is 15.7 Å². The summed E-state index contributed by atoms with van der Waals surface area (Å²) < 4.78 is 32.8. The molecule has 36 heavy (non-hydrogen) atoms. The maximum atomic E-state index is 12.7. The van der Waals surface area contributed by atoms with Gasteiger partial charge in [0.2, 0.25) is 5.65 Å². The van der Waals surface area contributed by atoms with Crippen molar-refractivity contribution in [1.82, 2.24) is 19.6 Å². The van der Waals surface area contributed by atoms with Crippen molar-refractivity contribution in [1.29, 1.82) is 0 Å². The lowest BCUT2D eigenvalue weighted by atomic mass is 10.0. The monoisotopic (exact) mass is 517 g/mol. The third-order valence-electron chi connectivity index (χ3n) is 5.91. The number of Topliss-reactive ketones (excluding diaryl/α,β-unsaturated/α-hetero) is 1. The van der Waals surface area contributed by atoms with Gasteiger partial charge in [0.05, 0.1) is 29.6 Å². The van der Waals surface area contributed by atoms with Crippen LogP contribution in [0.5, 0.6) is 5.75 Å². The highest BCUT2D eigenvalue weighted by atomic mass is 32.2. The van der Waals surface area contributed by atoms with E-state index in [4.69, 9.17) is 9.72 Å². The summed E-state index contributed by atoms with van der Waals surface area (Å²) in [6.45, 7) is 10.5. The average Bonchev–Trinajstić information content (AvgIpc) is 3.16. The fourth-order valence-electron chi connectivity index (χ4n) is 4.46. The summed E-state index contributed by atoms with van der Waals surface area (Å²) >= 11 is 0. The van der Waals surface area contributed by atoms with E-state index >= 15 is 0 Å². The number of hydrogen-bond donors (Lipinski definition) is 1. The topological polar surface area (TPSA) is 116 Å². The third kappa shape index (κ3) is 7.15. The number of anilines is 1. The molecule has 0 atom stereocenters. The number of aromatic nitrogens is 4. The number of aryl methyl sites for hydroxylation is 1. The molecular formula is C26H39N5O4S. The first-order valence-electron chi connectivity index (χ1n) is 12.7. The largest absolute Gasteiger partial charge is 0.496 e. The quantitative estimate of drug-likeness (QED) is 0.305. The zero-order valence-corrected chi connectivity index (χ0v) is 23.1. The number of benzene rings is 1. The van der Waals surface area contributed by atoms with Crippen LogP contribution in [-0.2, 0) is 20.4 Å². The summed E-state index contributed by atoms with van der Waals surface area (Å²) in [5, 5.41) is 11.9. The van der Waals surface area contributed by atoms with Crippen molar-refractivity contribution in [2.45, 2.75) is 72.5 Å². The van der Waals surface area contributed by atoms with E-state index in [-0.39, 0.29) is 17.4 Å². The van der Waals surface area contributed by atoms with Crippen molar-refractivity contribution in [3.63, 3.8) is 0 Å². The molecule has 198 valence electrons. The highest BCUT2D eigenvalue weighted by Gasteiger charge is 2.20. The van der Waals surface area contributed by atoms with Crippen molar-refractivity contribution in [2.24, 2.45) is 11.8 Å².